The maximum absolute atomic E-state index is 8.86. The predicted octanol–water partition coefficient (Wildman–Crippen LogP) is 3.12. The summed E-state index contributed by atoms with van der Waals surface area (Å²) >= 11 is 0. The lowest BCUT2D eigenvalue weighted by molar-refractivity contribution is 0.505. The Hall–Kier alpha value is -2.21. The molecule has 86 valence electrons. The summed E-state index contributed by atoms with van der Waals surface area (Å²) in [6.07, 6.45) is 1.65. The molecule has 0 amide bonds. The Morgan fingerprint density at radius 1 is 1.24 bits per heavy atom. The van der Waals surface area contributed by atoms with E-state index in [-0.39, 0.29) is 0 Å². The smallest absolute Gasteiger partial charge is 0.123 e. The van der Waals surface area contributed by atoms with Crippen LogP contribution in [-0.4, -0.2) is 6.54 Å². The third-order valence-electron chi connectivity index (χ3n) is 2.59. The first-order valence-corrected chi connectivity index (χ1v) is 5.50. The van der Waals surface area contributed by atoms with Gasteiger partial charge in [0.2, 0.25) is 0 Å². The van der Waals surface area contributed by atoms with Gasteiger partial charge < -0.3 is 9.32 Å². The minimum atomic E-state index is 0.351. The fourth-order valence-electron chi connectivity index (χ4n) is 1.67. The molecular formula is C14H14N2O. The van der Waals surface area contributed by atoms with Crippen molar-refractivity contribution in [2.75, 3.05) is 11.4 Å². The zero-order chi connectivity index (χ0) is 12.1. The molecule has 1 heterocycles. The van der Waals surface area contributed by atoms with E-state index < -0.39 is 0 Å². The number of hydrogen-bond acceptors (Lipinski definition) is 3. The van der Waals surface area contributed by atoms with Crippen molar-refractivity contribution in [3.05, 3.63) is 54.0 Å². The number of rotatable bonds is 4. The lowest BCUT2D eigenvalue weighted by Gasteiger charge is -2.20. The monoisotopic (exact) mass is 226 g/mol. The Bertz CT molecular complexity index is 494. The number of nitriles is 1. The van der Waals surface area contributed by atoms with Crippen molar-refractivity contribution in [1.29, 1.82) is 5.26 Å². The Morgan fingerprint density at radius 3 is 2.59 bits per heavy atom. The Morgan fingerprint density at radius 2 is 2.00 bits per heavy atom. The molecule has 0 N–H and O–H groups in total. The second-order valence-corrected chi connectivity index (χ2v) is 3.93. The molecule has 1 aromatic carbocycles. The molecule has 2 rings (SSSR count). The van der Waals surface area contributed by atoms with Crippen LogP contribution in [0.3, 0.4) is 0 Å². The highest BCUT2D eigenvalue weighted by molar-refractivity contribution is 5.48. The fourth-order valence-corrected chi connectivity index (χ4v) is 1.67. The lowest BCUT2D eigenvalue weighted by Crippen LogP contribution is -2.22. The van der Waals surface area contributed by atoms with Crippen LogP contribution in [0.5, 0.6) is 0 Å². The SMILES string of the molecule is Cc1ccc(N(CC#N)Cc2ccco2)cc1. The Labute approximate surface area is 101 Å². The van der Waals surface area contributed by atoms with Crippen LogP contribution in [0.1, 0.15) is 11.3 Å². The molecule has 3 nitrogen and oxygen atoms in total. The van der Waals surface area contributed by atoms with E-state index in [1.165, 1.54) is 5.56 Å². The van der Waals surface area contributed by atoms with Gasteiger partial charge in [0, 0.05) is 5.69 Å². The second kappa shape index (κ2) is 5.22. The largest absolute Gasteiger partial charge is 0.467 e. The summed E-state index contributed by atoms with van der Waals surface area (Å²) in [6, 6.07) is 14.1. The van der Waals surface area contributed by atoms with Crippen molar-refractivity contribution in [3.8, 4) is 6.07 Å². The van der Waals surface area contributed by atoms with Gasteiger partial charge in [-0.2, -0.15) is 5.26 Å². The van der Waals surface area contributed by atoms with Crippen LogP contribution in [0.15, 0.2) is 47.1 Å². The van der Waals surface area contributed by atoms with Crippen LogP contribution in [0.4, 0.5) is 5.69 Å². The fraction of sp³-hybridized carbons (Fsp3) is 0.214. The van der Waals surface area contributed by atoms with Crippen molar-refractivity contribution in [2.24, 2.45) is 0 Å². The summed E-state index contributed by atoms with van der Waals surface area (Å²) in [5.74, 6) is 0.862. The maximum Gasteiger partial charge on any atom is 0.123 e. The van der Waals surface area contributed by atoms with Gasteiger partial charge in [-0.15, -0.1) is 0 Å². The van der Waals surface area contributed by atoms with Gasteiger partial charge in [0.25, 0.3) is 0 Å². The molecule has 0 radical (unpaired) electrons. The first kappa shape index (κ1) is 11.3. The van der Waals surface area contributed by atoms with Gasteiger partial charge in [-0.1, -0.05) is 17.7 Å². The van der Waals surface area contributed by atoms with Gasteiger partial charge in [-0.25, -0.2) is 0 Å². The summed E-state index contributed by atoms with van der Waals surface area (Å²) < 4.78 is 5.30. The molecule has 0 aliphatic carbocycles. The van der Waals surface area contributed by atoms with E-state index in [9.17, 15) is 0 Å². The van der Waals surface area contributed by atoms with E-state index in [4.69, 9.17) is 9.68 Å². The molecule has 0 aliphatic rings. The van der Waals surface area contributed by atoms with Crippen molar-refractivity contribution in [2.45, 2.75) is 13.5 Å². The third-order valence-corrected chi connectivity index (χ3v) is 2.59. The number of furan rings is 1. The summed E-state index contributed by atoms with van der Waals surface area (Å²) in [4.78, 5) is 1.98. The highest BCUT2D eigenvalue weighted by Gasteiger charge is 2.08. The van der Waals surface area contributed by atoms with Crippen molar-refractivity contribution in [3.63, 3.8) is 0 Å². The Balaban J connectivity index is 2.17. The van der Waals surface area contributed by atoms with Crippen molar-refractivity contribution < 1.29 is 4.42 Å². The average Bonchev–Trinajstić information content (AvgIpc) is 2.82. The van der Waals surface area contributed by atoms with Gasteiger partial charge in [-0.3, -0.25) is 0 Å². The lowest BCUT2D eigenvalue weighted by atomic mass is 10.2. The maximum atomic E-state index is 8.86. The quantitative estimate of drug-likeness (QED) is 0.752. The number of benzene rings is 1. The number of hydrogen-bond donors (Lipinski definition) is 0. The van der Waals surface area contributed by atoms with E-state index in [0.717, 1.165) is 11.4 Å². The van der Waals surface area contributed by atoms with Crippen LogP contribution in [0, 0.1) is 18.3 Å². The van der Waals surface area contributed by atoms with Crippen LogP contribution < -0.4 is 4.90 Å². The van der Waals surface area contributed by atoms with E-state index in [1.54, 1.807) is 6.26 Å². The molecule has 2 aromatic rings. The normalized spacial score (nSPS) is 9.88. The Kier molecular flexibility index (Phi) is 3.46. The molecule has 0 unspecified atom stereocenters. The van der Waals surface area contributed by atoms with Crippen molar-refractivity contribution >= 4 is 5.69 Å². The van der Waals surface area contributed by atoms with Gasteiger partial charge in [0.15, 0.2) is 0 Å². The molecule has 0 bridgehead atoms. The highest BCUT2D eigenvalue weighted by Crippen LogP contribution is 2.17. The van der Waals surface area contributed by atoms with Crippen LogP contribution in [-0.2, 0) is 6.54 Å². The zero-order valence-electron chi connectivity index (χ0n) is 9.76. The molecule has 0 spiro atoms. The highest BCUT2D eigenvalue weighted by atomic mass is 16.3. The zero-order valence-corrected chi connectivity index (χ0v) is 9.76. The second-order valence-electron chi connectivity index (χ2n) is 3.93. The molecule has 17 heavy (non-hydrogen) atoms. The van der Waals surface area contributed by atoms with Crippen LogP contribution in [0.2, 0.25) is 0 Å². The molecule has 0 atom stereocenters. The standard InChI is InChI=1S/C14H14N2O/c1-12-4-6-13(7-5-12)16(9-8-15)11-14-3-2-10-17-14/h2-7,10H,9,11H2,1H3. The summed E-state index contributed by atoms with van der Waals surface area (Å²) in [5.41, 5.74) is 2.25. The van der Waals surface area contributed by atoms with E-state index >= 15 is 0 Å². The molecule has 3 heteroatoms. The van der Waals surface area contributed by atoms with Gasteiger partial charge >= 0.3 is 0 Å². The van der Waals surface area contributed by atoms with Gasteiger partial charge in [0.05, 0.1) is 18.9 Å². The molecular weight excluding hydrogens is 212 g/mol. The molecule has 0 aliphatic heterocycles. The number of aryl methyl sites for hydroxylation is 1. The minimum absolute atomic E-state index is 0.351. The van der Waals surface area contributed by atoms with E-state index in [1.807, 2.05) is 48.2 Å². The third kappa shape index (κ3) is 2.88. The molecule has 1 aromatic heterocycles. The molecule has 0 fully saturated rings. The van der Waals surface area contributed by atoms with Gasteiger partial charge in [-0.05, 0) is 31.2 Å². The van der Waals surface area contributed by atoms with Crippen LogP contribution in [0.25, 0.3) is 0 Å². The van der Waals surface area contributed by atoms with E-state index in [0.29, 0.717) is 13.1 Å². The van der Waals surface area contributed by atoms with Crippen LogP contribution >= 0.6 is 0 Å². The first-order valence-electron chi connectivity index (χ1n) is 5.50. The topological polar surface area (TPSA) is 40.2 Å². The summed E-state index contributed by atoms with van der Waals surface area (Å²) in [7, 11) is 0. The predicted molar refractivity (Wildman–Crippen MR) is 66.6 cm³/mol. The van der Waals surface area contributed by atoms with Gasteiger partial charge in [0.1, 0.15) is 12.3 Å². The van der Waals surface area contributed by atoms with E-state index in [2.05, 4.69) is 6.07 Å². The average molecular weight is 226 g/mol. The summed E-state index contributed by atoms with van der Waals surface area (Å²) in [6.45, 7) is 3.01. The molecule has 0 saturated heterocycles. The summed E-state index contributed by atoms with van der Waals surface area (Å²) in [5, 5.41) is 8.86. The number of anilines is 1. The molecule has 0 saturated carbocycles. The number of nitrogens with zero attached hydrogens (tertiary/aromatic N) is 2. The minimum Gasteiger partial charge on any atom is -0.467 e. The first-order chi connectivity index (χ1) is 8.29. The van der Waals surface area contributed by atoms with Crippen molar-refractivity contribution in [1.82, 2.24) is 0 Å².